The molecule has 0 radical (unpaired) electrons. The van der Waals surface area contributed by atoms with Gasteiger partial charge in [-0.15, -0.1) is 0 Å². The highest BCUT2D eigenvalue weighted by Gasteiger charge is 2.16. The van der Waals surface area contributed by atoms with Crippen molar-refractivity contribution in [3.05, 3.63) is 21.7 Å². The maximum Gasteiger partial charge on any atom is 0.142 e. The van der Waals surface area contributed by atoms with Crippen LogP contribution in [0.5, 0.6) is 0 Å². The third kappa shape index (κ3) is 2.33. The summed E-state index contributed by atoms with van der Waals surface area (Å²) in [6, 6.07) is 1.77. The Morgan fingerprint density at radius 1 is 1.64 bits per heavy atom. The van der Waals surface area contributed by atoms with Crippen molar-refractivity contribution in [1.29, 1.82) is 0 Å². The van der Waals surface area contributed by atoms with Crippen molar-refractivity contribution in [2.75, 3.05) is 18.5 Å². The Labute approximate surface area is 95.2 Å². The Kier molecular flexibility index (Phi) is 3.17. The van der Waals surface area contributed by atoms with E-state index in [4.69, 9.17) is 4.74 Å². The van der Waals surface area contributed by atoms with E-state index in [0.29, 0.717) is 12.6 Å². The molecule has 0 aromatic carbocycles. The van der Waals surface area contributed by atoms with Crippen LogP contribution in [0.4, 0.5) is 10.2 Å². The highest BCUT2D eigenvalue weighted by Crippen LogP contribution is 2.18. The summed E-state index contributed by atoms with van der Waals surface area (Å²) in [7, 11) is 0. The maximum atomic E-state index is 12.7. The number of halogens is 2. The molecule has 14 heavy (non-hydrogen) atoms. The van der Waals surface area contributed by atoms with Gasteiger partial charge in [-0.1, -0.05) is 0 Å². The zero-order valence-electron chi connectivity index (χ0n) is 7.46. The van der Waals surface area contributed by atoms with Crippen LogP contribution in [-0.2, 0) is 4.74 Å². The Balaban J connectivity index is 2.08. The summed E-state index contributed by atoms with van der Waals surface area (Å²) < 4.78 is 18.8. The first-order valence-electron chi connectivity index (χ1n) is 4.41. The number of nitrogens with one attached hydrogen (secondary N) is 1. The summed E-state index contributed by atoms with van der Waals surface area (Å²) in [6.45, 7) is 1.49. The largest absolute Gasteiger partial charge is 0.379 e. The Hall–Kier alpha value is -0.430. The van der Waals surface area contributed by atoms with Gasteiger partial charge in [-0.25, -0.2) is 9.37 Å². The van der Waals surface area contributed by atoms with Crippen molar-refractivity contribution in [3.8, 4) is 0 Å². The molecule has 1 aromatic rings. The van der Waals surface area contributed by atoms with E-state index in [2.05, 4.69) is 32.9 Å². The van der Waals surface area contributed by atoms with E-state index in [-0.39, 0.29) is 5.82 Å². The van der Waals surface area contributed by atoms with Crippen molar-refractivity contribution in [1.82, 2.24) is 4.98 Å². The smallest absolute Gasteiger partial charge is 0.142 e. The van der Waals surface area contributed by atoms with Gasteiger partial charge in [-0.05, 0) is 35.1 Å². The van der Waals surface area contributed by atoms with Crippen LogP contribution in [0.3, 0.4) is 0 Å². The molecular formula is C9H10FIN2O. The molecule has 0 saturated carbocycles. The number of rotatable bonds is 2. The van der Waals surface area contributed by atoms with Crippen LogP contribution in [0.2, 0.25) is 0 Å². The summed E-state index contributed by atoms with van der Waals surface area (Å²) in [5, 5.41) is 3.23. The van der Waals surface area contributed by atoms with Gasteiger partial charge in [0.1, 0.15) is 11.6 Å². The standard InChI is InChI=1S/C9H10FIN2O/c10-6-3-8(11)9(12-4-6)13-7-1-2-14-5-7/h3-4,7H,1-2,5H2,(H,12,13). The normalized spacial score (nSPS) is 21.1. The van der Waals surface area contributed by atoms with Crippen LogP contribution in [-0.4, -0.2) is 24.2 Å². The molecule has 1 atom stereocenters. The van der Waals surface area contributed by atoms with Crippen molar-refractivity contribution >= 4 is 28.4 Å². The number of aromatic nitrogens is 1. The molecule has 0 spiro atoms. The lowest BCUT2D eigenvalue weighted by atomic mass is 10.2. The third-order valence-electron chi connectivity index (χ3n) is 2.08. The molecule has 1 aromatic heterocycles. The number of ether oxygens (including phenoxy) is 1. The van der Waals surface area contributed by atoms with Gasteiger partial charge in [0, 0.05) is 6.61 Å². The Morgan fingerprint density at radius 3 is 3.14 bits per heavy atom. The maximum absolute atomic E-state index is 12.7. The first-order valence-corrected chi connectivity index (χ1v) is 5.49. The highest BCUT2D eigenvalue weighted by atomic mass is 127. The van der Waals surface area contributed by atoms with Crippen LogP contribution in [0.15, 0.2) is 12.3 Å². The van der Waals surface area contributed by atoms with Gasteiger partial charge >= 0.3 is 0 Å². The lowest BCUT2D eigenvalue weighted by Gasteiger charge is -2.12. The SMILES string of the molecule is Fc1cnc(NC2CCOC2)c(I)c1. The minimum atomic E-state index is -0.303. The van der Waals surface area contributed by atoms with E-state index in [0.717, 1.165) is 22.4 Å². The second-order valence-corrected chi connectivity index (χ2v) is 4.35. The molecule has 1 aliphatic heterocycles. The van der Waals surface area contributed by atoms with Crippen LogP contribution in [0.1, 0.15) is 6.42 Å². The topological polar surface area (TPSA) is 34.2 Å². The Bertz CT molecular complexity index is 329. The van der Waals surface area contributed by atoms with E-state index in [1.807, 2.05) is 0 Å². The minimum Gasteiger partial charge on any atom is -0.379 e. The predicted molar refractivity (Wildman–Crippen MR) is 59.8 cm³/mol. The predicted octanol–water partition coefficient (Wildman–Crippen LogP) is 2.03. The first-order chi connectivity index (χ1) is 6.75. The van der Waals surface area contributed by atoms with E-state index in [9.17, 15) is 4.39 Å². The van der Waals surface area contributed by atoms with Crippen LogP contribution in [0.25, 0.3) is 0 Å². The van der Waals surface area contributed by atoms with E-state index >= 15 is 0 Å². The second kappa shape index (κ2) is 4.39. The number of nitrogens with zero attached hydrogens (tertiary/aromatic N) is 1. The molecule has 1 fully saturated rings. The van der Waals surface area contributed by atoms with Crippen molar-refractivity contribution in [2.24, 2.45) is 0 Å². The molecule has 1 saturated heterocycles. The monoisotopic (exact) mass is 308 g/mol. The van der Waals surface area contributed by atoms with Gasteiger partial charge < -0.3 is 10.1 Å². The van der Waals surface area contributed by atoms with E-state index < -0.39 is 0 Å². The van der Waals surface area contributed by atoms with Crippen LogP contribution >= 0.6 is 22.6 Å². The number of anilines is 1. The van der Waals surface area contributed by atoms with Gasteiger partial charge in [0.25, 0.3) is 0 Å². The molecule has 1 aliphatic rings. The van der Waals surface area contributed by atoms with Gasteiger partial charge in [0.15, 0.2) is 0 Å². The average Bonchev–Trinajstić information content (AvgIpc) is 2.62. The quantitative estimate of drug-likeness (QED) is 0.849. The molecular weight excluding hydrogens is 298 g/mol. The van der Waals surface area contributed by atoms with Crippen molar-refractivity contribution in [3.63, 3.8) is 0 Å². The summed E-state index contributed by atoms with van der Waals surface area (Å²) >= 11 is 2.07. The van der Waals surface area contributed by atoms with E-state index in [1.54, 1.807) is 0 Å². The molecule has 1 N–H and O–H groups in total. The average molecular weight is 308 g/mol. The molecule has 2 heterocycles. The molecule has 76 valence electrons. The third-order valence-corrected chi connectivity index (χ3v) is 2.90. The van der Waals surface area contributed by atoms with Gasteiger partial charge in [-0.2, -0.15) is 0 Å². The zero-order valence-corrected chi connectivity index (χ0v) is 9.62. The first kappa shape index (κ1) is 10.1. The van der Waals surface area contributed by atoms with Gasteiger partial charge in [0.05, 0.1) is 22.4 Å². The second-order valence-electron chi connectivity index (χ2n) is 3.19. The fourth-order valence-electron chi connectivity index (χ4n) is 1.36. The van der Waals surface area contributed by atoms with Gasteiger partial charge in [-0.3, -0.25) is 0 Å². The molecule has 0 amide bonds. The number of pyridine rings is 1. The van der Waals surface area contributed by atoms with Crippen LogP contribution in [0, 0.1) is 9.39 Å². The van der Waals surface area contributed by atoms with Crippen molar-refractivity contribution in [2.45, 2.75) is 12.5 Å². The summed E-state index contributed by atoms with van der Waals surface area (Å²) in [5.74, 6) is 0.435. The molecule has 1 unspecified atom stereocenters. The molecule has 0 aliphatic carbocycles. The highest BCUT2D eigenvalue weighted by molar-refractivity contribution is 14.1. The summed E-state index contributed by atoms with van der Waals surface area (Å²) in [4.78, 5) is 3.99. The number of hydrogen-bond donors (Lipinski definition) is 1. The zero-order chi connectivity index (χ0) is 9.97. The Morgan fingerprint density at radius 2 is 2.50 bits per heavy atom. The molecule has 0 bridgehead atoms. The number of hydrogen-bond acceptors (Lipinski definition) is 3. The molecule has 5 heteroatoms. The summed E-state index contributed by atoms with van der Waals surface area (Å²) in [5.41, 5.74) is 0. The lowest BCUT2D eigenvalue weighted by Crippen LogP contribution is -2.20. The fourth-order valence-corrected chi connectivity index (χ4v) is 1.95. The van der Waals surface area contributed by atoms with E-state index in [1.165, 1.54) is 12.3 Å². The fraction of sp³-hybridized carbons (Fsp3) is 0.444. The minimum absolute atomic E-state index is 0.303. The van der Waals surface area contributed by atoms with Crippen molar-refractivity contribution < 1.29 is 9.13 Å². The summed E-state index contributed by atoms with van der Waals surface area (Å²) in [6.07, 6.45) is 2.20. The molecule has 3 nitrogen and oxygen atoms in total. The van der Waals surface area contributed by atoms with Gasteiger partial charge in [0.2, 0.25) is 0 Å². The van der Waals surface area contributed by atoms with Crippen LogP contribution < -0.4 is 5.32 Å². The molecule has 2 rings (SSSR count). The lowest BCUT2D eigenvalue weighted by molar-refractivity contribution is 0.195.